The molecule has 2 aromatic rings. The number of para-hydroxylation sites is 1. The van der Waals surface area contributed by atoms with E-state index in [4.69, 9.17) is 4.74 Å². The van der Waals surface area contributed by atoms with E-state index in [1.165, 1.54) is 5.56 Å². The molecule has 0 spiro atoms. The lowest BCUT2D eigenvalue weighted by Crippen LogP contribution is -2.09. The van der Waals surface area contributed by atoms with Crippen LogP contribution in [-0.2, 0) is 6.42 Å². The second-order valence-corrected chi connectivity index (χ2v) is 5.41. The maximum Gasteiger partial charge on any atom is 0.119 e. The lowest BCUT2D eigenvalue weighted by Gasteiger charge is -2.15. The van der Waals surface area contributed by atoms with Crippen LogP contribution in [0.4, 0.5) is 0 Å². The van der Waals surface area contributed by atoms with Crippen LogP contribution in [0.3, 0.4) is 0 Å². The van der Waals surface area contributed by atoms with Crippen LogP contribution < -0.4 is 4.74 Å². The first-order chi connectivity index (χ1) is 9.84. The molecule has 0 fully saturated rings. The topological polar surface area (TPSA) is 29.5 Å². The highest BCUT2D eigenvalue weighted by Gasteiger charge is 2.29. The first-order valence-electron chi connectivity index (χ1n) is 7.28. The van der Waals surface area contributed by atoms with Gasteiger partial charge in [0.05, 0.1) is 12.7 Å². The number of hydrogen-bond acceptors (Lipinski definition) is 2. The van der Waals surface area contributed by atoms with Crippen LogP contribution in [0.1, 0.15) is 30.1 Å². The highest BCUT2D eigenvalue weighted by molar-refractivity contribution is 5.34. The van der Waals surface area contributed by atoms with Crippen molar-refractivity contribution in [3.63, 3.8) is 0 Å². The molecule has 3 rings (SSSR count). The Balaban J connectivity index is 1.46. The molecule has 104 valence electrons. The number of hydrogen-bond donors (Lipinski definition) is 1. The van der Waals surface area contributed by atoms with Gasteiger partial charge in [0.2, 0.25) is 0 Å². The fraction of sp³-hybridized carbons (Fsp3) is 0.333. The van der Waals surface area contributed by atoms with Crippen molar-refractivity contribution in [1.29, 1.82) is 0 Å². The molecular weight excluding hydrogens is 248 g/mol. The summed E-state index contributed by atoms with van der Waals surface area (Å²) in [6.45, 7) is 0.712. The van der Waals surface area contributed by atoms with Crippen molar-refractivity contribution in [2.75, 3.05) is 6.61 Å². The van der Waals surface area contributed by atoms with Crippen LogP contribution in [0.5, 0.6) is 5.75 Å². The maximum absolute atomic E-state index is 10.3. The molecule has 0 saturated carbocycles. The van der Waals surface area contributed by atoms with Gasteiger partial charge in [-0.05, 0) is 48.4 Å². The maximum atomic E-state index is 10.3. The monoisotopic (exact) mass is 268 g/mol. The Kier molecular flexibility index (Phi) is 4.03. The van der Waals surface area contributed by atoms with Gasteiger partial charge in [0.15, 0.2) is 0 Å². The van der Waals surface area contributed by atoms with E-state index in [2.05, 4.69) is 6.07 Å². The molecule has 0 radical (unpaired) electrons. The molecule has 20 heavy (non-hydrogen) atoms. The zero-order valence-electron chi connectivity index (χ0n) is 11.5. The van der Waals surface area contributed by atoms with Crippen LogP contribution in [0.15, 0.2) is 54.6 Å². The summed E-state index contributed by atoms with van der Waals surface area (Å²) in [5.41, 5.74) is 2.41. The van der Waals surface area contributed by atoms with Crippen LogP contribution in [0.25, 0.3) is 0 Å². The third kappa shape index (κ3) is 2.86. The quantitative estimate of drug-likeness (QED) is 0.837. The summed E-state index contributed by atoms with van der Waals surface area (Å²) in [6.07, 6.45) is 2.67. The summed E-state index contributed by atoms with van der Waals surface area (Å²) in [4.78, 5) is 0. The molecule has 2 heteroatoms. The molecule has 1 N–H and O–H groups in total. The van der Waals surface area contributed by atoms with Crippen LogP contribution in [0, 0.1) is 5.92 Å². The van der Waals surface area contributed by atoms with E-state index < -0.39 is 0 Å². The highest BCUT2D eigenvalue weighted by atomic mass is 16.5. The summed E-state index contributed by atoms with van der Waals surface area (Å²) in [6, 6.07) is 18.1. The number of aliphatic hydroxyl groups excluding tert-OH is 1. The second-order valence-electron chi connectivity index (χ2n) is 5.41. The number of fused-ring (bicyclic) bond motifs is 1. The van der Waals surface area contributed by atoms with Gasteiger partial charge in [-0.2, -0.15) is 0 Å². The van der Waals surface area contributed by atoms with Crippen LogP contribution in [0.2, 0.25) is 0 Å². The lowest BCUT2D eigenvalue weighted by molar-refractivity contribution is 0.113. The molecule has 0 saturated heterocycles. The summed E-state index contributed by atoms with van der Waals surface area (Å²) in [5.74, 6) is 1.26. The van der Waals surface area contributed by atoms with Gasteiger partial charge in [0.25, 0.3) is 0 Å². The summed E-state index contributed by atoms with van der Waals surface area (Å²) in [7, 11) is 0. The largest absolute Gasteiger partial charge is 0.494 e. The normalized spacial score (nSPS) is 20.6. The lowest BCUT2D eigenvalue weighted by atomic mass is 9.98. The van der Waals surface area contributed by atoms with Gasteiger partial charge in [0.1, 0.15) is 5.75 Å². The third-order valence-electron chi connectivity index (χ3n) is 4.03. The van der Waals surface area contributed by atoms with E-state index in [0.29, 0.717) is 12.5 Å². The molecule has 2 aromatic carbocycles. The van der Waals surface area contributed by atoms with Gasteiger partial charge < -0.3 is 9.84 Å². The number of ether oxygens (including phenoxy) is 1. The minimum absolute atomic E-state index is 0.303. The van der Waals surface area contributed by atoms with Gasteiger partial charge in [-0.1, -0.05) is 42.5 Å². The van der Waals surface area contributed by atoms with Crippen molar-refractivity contribution in [2.45, 2.75) is 25.4 Å². The smallest absolute Gasteiger partial charge is 0.119 e. The fourth-order valence-corrected chi connectivity index (χ4v) is 2.97. The number of benzene rings is 2. The van der Waals surface area contributed by atoms with Gasteiger partial charge in [0, 0.05) is 0 Å². The van der Waals surface area contributed by atoms with Gasteiger partial charge >= 0.3 is 0 Å². The summed E-state index contributed by atoms with van der Waals surface area (Å²) in [5, 5.41) is 10.3. The molecule has 0 heterocycles. The molecule has 0 bridgehead atoms. The van der Waals surface area contributed by atoms with Crippen molar-refractivity contribution in [3.8, 4) is 5.75 Å². The molecule has 2 atom stereocenters. The van der Waals surface area contributed by atoms with Gasteiger partial charge in [-0.15, -0.1) is 0 Å². The molecule has 2 nitrogen and oxygen atoms in total. The van der Waals surface area contributed by atoms with Crippen molar-refractivity contribution in [2.24, 2.45) is 5.92 Å². The molecule has 1 aliphatic rings. The Morgan fingerprint density at radius 2 is 1.75 bits per heavy atom. The second kappa shape index (κ2) is 6.10. The third-order valence-corrected chi connectivity index (χ3v) is 4.03. The zero-order chi connectivity index (χ0) is 13.8. The first-order valence-corrected chi connectivity index (χ1v) is 7.28. The predicted octanol–water partition coefficient (Wildman–Crippen LogP) is 3.75. The standard InChI is InChI=1S/C18H20O2/c19-18-15(13-14-7-4-5-11-17(14)18)8-6-12-20-16-9-2-1-3-10-16/h1-5,7,9-11,15,18-19H,6,8,12-13H2. The van der Waals surface area contributed by atoms with E-state index in [-0.39, 0.29) is 6.10 Å². The Labute approximate surface area is 120 Å². The Bertz CT molecular complexity index is 550. The summed E-state index contributed by atoms with van der Waals surface area (Å²) < 4.78 is 5.70. The SMILES string of the molecule is OC1c2ccccc2CC1CCCOc1ccccc1. The molecule has 0 aliphatic heterocycles. The number of aliphatic hydroxyl groups is 1. The minimum atomic E-state index is -0.303. The van der Waals surface area contributed by atoms with Crippen molar-refractivity contribution < 1.29 is 9.84 Å². The van der Waals surface area contributed by atoms with E-state index in [1.807, 2.05) is 48.5 Å². The molecular formula is C18H20O2. The van der Waals surface area contributed by atoms with Gasteiger partial charge in [-0.3, -0.25) is 0 Å². The number of rotatable bonds is 5. The van der Waals surface area contributed by atoms with Crippen molar-refractivity contribution >= 4 is 0 Å². The van der Waals surface area contributed by atoms with E-state index in [0.717, 1.165) is 30.6 Å². The minimum Gasteiger partial charge on any atom is -0.494 e. The Morgan fingerprint density at radius 3 is 2.55 bits per heavy atom. The predicted molar refractivity (Wildman–Crippen MR) is 79.8 cm³/mol. The van der Waals surface area contributed by atoms with E-state index >= 15 is 0 Å². The molecule has 0 amide bonds. The van der Waals surface area contributed by atoms with Crippen molar-refractivity contribution in [3.05, 3.63) is 65.7 Å². The van der Waals surface area contributed by atoms with Crippen LogP contribution in [-0.4, -0.2) is 11.7 Å². The first kappa shape index (κ1) is 13.2. The Hall–Kier alpha value is -1.80. The zero-order valence-corrected chi connectivity index (χ0v) is 11.5. The van der Waals surface area contributed by atoms with E-state index in [1.54, 1.807) is 0 Å². The van der Waals surface area contributed by atoms with Gasteiger partial charge in [-0.25, -0.2) is 0 Å². The molecule has 2 unspecified atom stereocenters. The average Bonchev–Trinajstić information content (AvgIpc) is 2.82. The van der Waals surface area contributed by atoms with Crippen molar-refractivity contribution in [1.82, 2.24) is 0 Å². The molecule has 1 aliphatic carbocycles. The van der Waals surface area contributed by atoms with E-state index in [9.17, 15) is 5.11 Å². The van der Waals surface area contributed by atoms with Crippen LogP contribution >= 0.6 is 0 Å². The fourth-order valence-electron chi connectivity index (χ4n) is 2.97. The summed E-state index contributed by atoms with van der Waals surface area (Å²) >= 11 is 0. The Morgan fingerprint density at radius 1 is 1.00 bits per heavy atom. The molecule has 0 aromatic heterocycles. The average molecular weight is 268 g/mol. The highest BCUT2D eigenvalue weighted by Crippen LogP contribution is 2.38.